The highest BCUT2D eigenvalue weighted by molar-refractivity contribution is 5.97. The zero-order valence-corrected chi connectivity index (χ0v) is 11.7. The largest absolute Gasteiger partial charge is 0.358 e. The van der Waals surface area contributed by atoms with Crippen molar-refractivity contribution < 1.29 is 8.78 Å². The number of halogens is 2. The Morgan fingerprint density at radius 3 is 2.55 bits per heavy atom. The molecule has 2 heterocycles. The molecule has 108 valence electrons. The van der Waals surface area contributed by atoms with Crippen molar-refractivity contribution in [2.45, 2.75) is 6.92 Å². The van der Waals surface area contributed by atoms with Gasteiger partial charge < -0.3 is 4.98 Å². The van der Waals surface area contributed by atoms with Gasteiger partial charge in [-0.05, 0) is 13.0 Å². The first kappa shape index (κ1) is 12.9. The summed E-state index contributed by atoms with van der Waals surface area (Å²) in [7, 11) is 0. The number of H-pyrrole nitrogens is 1. The predicted octanol–water partition coefficient (Wildman–Crippen LogP) is 4.36. The fourth-order valence-electron chi connectivity index (χ4n) is 2.74. The maximum atomic E-state index is 13.4. The van der Waals surface area contributed by atoms with Gasteiger partial charge in [0.1, 0.15) is 0 Å². The highest BCUT2D eigenvalue weighted by Crippen LogP contribution is 2.31. The summed E-state index contributed by atoms with van der Waals surface area (Å²) < 4.78 is 26.7. The van der Waals surface area contributed by atoms with E-state index in [0.717, 1.165) is 34.3 Å². The standard InChI is InChI=1S/C17H11F2N3/c1-9-17(10-4-2-3-5-13(10)21-9)16-8-20-14-6-11(18)12(19)7-15(14)22-16/h2-8,21H,1H3. The molecule has 0 spiro atoms. The van der Waals surface area contributed by atoms with Gasteiger partial charge in [-0.1, -0.05) is 18.2 Å². The second-order valence-electron chi connectivity index (χ2n) is 5.18. The fraction of sp³-hybridized carbons (Fsp3) is 0.0588. The number of aromatic amines is 1. The minimum atomic E-state index is -0.922. The van der Waals surface area contributed by atoms with Crippen molar-refractivity contribution >= 4 is 21.9 Å². The van der Waals surface area contributed by atoms with E-state index < -0.39 is 11.6 Å². The number of aromatic nitrogens is 3. The van der Waals surface area contributed by atoms with Crippen LogP contribution in [0.2, 0.25) is 0 Å². The average molecular weight is 295 g/mol. The molecule has 0 radical (unpaired) electrons. The number of para-hydroxylation sites is 1. The second kappa shape index (κ2) is 4.59. The van der Waals surface area contributed by atoms with Gasteiger partial charge in [0.25, 0.3) is 0 Å². The summed E-state index contributed by atoms with van der Waals surface area (Å²) in [6.07, 6.45) is 1.59. The molecule has 0 saturated carbocycles. The molecule has 0 aliphatic rings. The molecule has 1 N–H and O–H groups in total. The molecule has 0 saturated heterocycles. The summed E-state index contributed by atoms with van der Waals surface area (Å²) in [5.74, 6) is -1.84. The van der Waals surface area contributed by atoms with E-state index in [4.69, 9.17) is 0 Å². The van der Waals surface area contributed by atoms with Gasteiger partial charge >= 0.3 is 0 Å². The van der Waals surface area contributed by atoms with E-state index in [0.29, 0.717) is 16.7 Å². The van der Waals surface area contributed by atoms with Crippen molar-refractivity contribution in [2.75, 3.05) is 0 Å². The van der Waals surface area contributed by atoms with Crippen molar-refractivity contribution in [3.05, 3.63) is 59.9 Å². The van der Waals surface area contributed by atoms with Crippen LogP contribution in [0.15, 0.2) is 42.6 Å². The van der Waals surface area contributed by atoms with Crippen LogP contribution in [0.25, 0.3) is 33.2 Å². The molecule has 22 heavy (non-hydrogen) atoms. The van der Waals surface area contributed by atoms with E-state index in [2.05, 4.69) is 15.0 Å². The lowest BCUT2D eigenvalue weighted by Crippen LogP contribution is -1.92. The molecule has 0 aliphatic heterocycles. The third-order valence-electron chi connectivity index (χ3n) is 3.73. The van der Waals surface area contributed by atoms with Crippen LogP contribution in [0, 0.1) is 18.6 Å². The van der Waals surface area contributed by atoms with Gasteiger partial charge in [0, 0.05) is 34.3 Å². The Morgan fingerprint density at radius 2 is 1.73 bits per heavy atom. The maximum Gasteiger partial charge on any atom is 0.161 e. The number of benzene rings is 2. The van der Waals surface area contributed by atoms with Gasteiger partial charge in [-0.15, -0.1) is 0 Å². The van der Waals surface area contributed by atoms with Crippen LogP contribution in [0.5, 0.6) is 0 Å². The van der Waals surface area contributed by atoms with E-state index >= 15 is 0 Å². The number of hydrogen-bond acceptors (Lipinski definition) is 2. The minimum Gasteiger partial charge on any atom is -0.358 e. The van der Waals surface area contributed by atoms with Gasteiger partial charge in [0.05, 0.1) is 22.9 Å². The lowest BCUT2D eigenvalue weighted by Gasteiger charge is -2.04. The summed E-state index contributed by atoms with van der Waals surface area (Å²) in [5.41, 5.74) is 4.18. The molecular weight excluding hydrogens is 284 g/mol. The maximum absolute atomic E-state index is 13.4. The van der Waals surface area contributed by atoms with Crippen LogP contribution in [-0.2, 0) is 0 Å². The number of fused-ring (bicyclic) bond motifs is 2. The Bertz CT molecular complexity index is 1020. The minimum absolute atomic E-state index is 0.333. The van der Waals surface area contributed by atoms with E-state index in [1.54, 1.807) is 6.20 Å². The van der Waals surface area contributed by atoms with Gasteiger partial charge in [0.15, 0.2) is 11.6 Å². The van der Waals surface area contributed by atoms with Crippen molar-refractivity contribution in [3.63, 3.8) is 0 Å². The molecule has 2 aromatic carbocycles. The van der Waals surface area contributed by atoms with Gasteiger partial charge in [0.2, 0.25) is 0 Å². The molecule has 4 aromatic rings. The summed E-state index contributed by atoms with van der Waals surface area (Å²) in [5, 5.41) is 1.02. The van der Waals surface area contributed by atoms with Crippen molar-refractivity contribution in [1.29, 1.82) is 0 Å². The first-order chi connectivity index (χ1) is 10.6. The number of rotatable bonds is 1. The first-order valence-electron chi connectivity index (χ1n) is 6.83. The summed E-state index contributed by atoms with van der Waals surface area (Å²) in [6.45, 7) is 1.95. The lowest BCUT2D eigenvalue weighted by molar-refractivity contribution is 0.510. The molecule has 0 aliphatic carbocycles. The van der Waals surface area contributed by atoms with Gasteiger partial charge in [-0.25, -0.2) is 13.8 Å². The van der Waals surface area contributed by atoms with Gasteiger partial charge in [-0.3, -0.25) is 4.98 Å². The Labute approximate surface area is 124 Å². The third kappa shape index (κ3) is 1.86. The van der Waals surface area contributed by atoms with Crippen LogP contribution in [0.1, 0.15) is 5.69 Å². The summed E-state index contributed by atoms with van der Waals surface area (Å²) in [4.78, 5) is 11.9. The molecule has 0 amide bonds. The smallest absolute Gasteiger partial charge is 0.161 e. The van der Waals surface area contributed by atoms with Gasteiger partial charge in [-0.2, -0.15) is 0 Å². The fourth-order valence-corrected chi connectivity index (χ4v) is 2.74. The molecule has 0 unspecified atom stereocenters. The van der Waals surface area contributed by atoms with E-state index in [1.807, 2.05) is 31.2 Å². The van der Waals surface area contributed by atoms with E-state index in [-0.39, 0.29) is 0 Å². The van der Waals surface area contributed by atoms with Crippen molar-refractivity contribution in [3.8, 4) is 11.3 Å². The topological polar surface area (TPSA) is 41.6 Å². The lowest BCUT2D eigenvalue weighted by atomic mass is 10.1. The molecular formula is C17H11F2N3. The van der Waals surface area contributed by atoms with Crippen LogP contribution >= 0.6 is 0 Å². The zero-order valence-electron chi connectivity index (χ0n) is 11.7. The Balaban J connectivity index is 2.00. The molecule has 0 fully saturated rings. The first-order valence-corrected chi connectivity index (χ1v) is 6.83. The second-order valence-corrected chi connectivity index (χ2v) is 5.18. The number of nitrogens with zero attached hydrogens (tertiary/aromatic N) is 2. The van der Waals surface area contributed by atoms with E-state index in [9.17, 15) is 8.78 Å². The molecule has 3 nitrogen and oxygen atoms in total. The number of nitrogens with one attached hydrogen (secondary N) is 1. The number of aryl methyl sites for hydroxylation is 1. The summed E-state index contributed by atoms with van der Waals surface area (Å²) in [6, 6.07) is 10.0. The van der Waals surface area contributed by atoms with E-state index in [1.165, 1.54) is 0 Å². The average Bonchev–Trinajstić information content (AvgIpc) is 2.84. The Hall–Kier alpha value is -2.82. The molecule has 2 aromatic heterocycles. The highest BCUT2D eigenvalue weighted by Gasteiger charge is 2.13. The monoisotopic (exact) mass is 295 g/mol. The molecule has 0 atom stereocenters. The zero-order chi connectivity index (χ0) is 15.3. The van der Waals surface area contributed by atoms with Crippen LogP contribution in [0.3, 0.4) is 0 Å². The quantitative estimate of drug-likeness (QED) is 0.566. The third-order valence-corrected chi connectivity index (χ3v) is 3.73. The highest BCUT2D eigenvalue weighted by atomic mass is 19.2. The van der Waals surface area contributed by atoms with Crippen LogP contribution in [0.4, 0.5) is 8.78 Å². The van der Waals surface area contributed by atoms with Crippen LogP contribution < -0.4 is 0 Å². The SMILES string of the molecule is Cc1[nH]c2ccccc2c1-c1cnc2cc(F)c(F)cc2n1. The molecule has 5 heteroatoms. The molecule has 4 rings (SSSR count). The van der Waals surface area contributed by atoms with Crippen molar-refractivity contribution in [2.24, 2.45) is 0 Å². The number of hydrogen-bond donors (Lipinski definition) is 1. The van der Waals surface area contributed by atoms with Crippen molar-refractivity contribution in [1.82, 2.24) is 15.0 Å². The normalized spacial score (nSPS) is 11.4. The molecule has 0 bridgehead atoms. The Kier molecular flexibility index (Phi) is 2.69. The Morgan fingerprint density at radius 1 is 1.00 bits per heavy atom. The summed E-state index contributed by atoms with van der Waals surface area (Å²) >= 11 is 0. The van der Waals surface area contributed by atoms with Crippen LogP contribution in [-0.4, -0.2) is 15.0 Å². The predicted molar refractivity (Wildman–Crippen MR) is 81.5 cm³/mol.